The lowest BCUT2D eigenvalue weighted by atomic mass is 10.2. The molecule has 0 saturated carbocycles. The summed E-state index contributed by atoms with van der Waals surface area (Å²) in [6.07, 6.45) is -3.94. The zero-order chi connectivity index (χ0) is 19.5. The summed E-state index contributed by atoms with van der Waals surface area (Å²) in [4.78, 5) is 19.5. The quantitative estimate of drug-likeness (QED) is 0.283. The van der Waals surface area contributed by atoms with E-state index < -0.39 is 29.9 Å². The summed E-state index contributed by atoms with van der Waals surface area (Å²) in [6.45, 7) is 0.475. The van der Waals surface area contributed by atoms with Gasteiger partial charge in [0.15, 0.2) is 17.1 Å². The van der Waals surface area contributed by atoms with Crippen LogP contribution in [0.15, 0.2) is 34.3 Å². The van der Waals surface area contributed by atoms with Gasteiger partial charge >= 0.3 is 18.1 Å². The second-order valence-corrected chi connectivity index (χ2v) is 6.70. The highest BCUT2D eigenvalue weighted by Crippen LogP contribution is 2.39. The smallest absolute Gasteiger partial charge is 0.455 e. The van der Waals surface area contributed by atoms with Crippen molar-refractivity contribution in [1.29, 1.82) is 0 Å². The molecule has 6 nitrogen and oxygen atoms in total. The summed E-state index contributed by atoms with van der Waals surface area (Å²) in [5, 5.41) is 4.10. The van der Waals surface area contributed by atoms with Crippen molar-refractivity contribution in [2.75, 3.05) is 5.75 Å². The van der Waals surface area contributed by atoms with Gasteiger partial charge in [-0.1, -0.05) is 11.8 Å². The van der Waals surface area contributed by atoms with Crippen molar-refractivity contribution in [2.45, 2.75) is 30.3 Å². The van der Waals surface area contributed by atoms with Crippen LogP contribution >= 0.6 is 27.7 Å². The molecule has 0 aliphatic rings. The average Bonchev–Trinajstić information content (AvgIpc) is 2.98. The van der Waals surface area contributed by atoms with Crippen LogP contribution in [0.3, 0.4) is 0 Å². The number of carbonyl (C=O) groups is 1. The van der Waals surface area contributed by atoms with Gasteiger partial charge in [0, 0.05) is 18.5 Å². The molecule has 0 fully saturated rings. The molecule has 0 spiro atoms. The van der Waals surface area contributed by atoms with E-state index in [1.54, 1.807) is 6.20 Å². The molecule has 0 saturated heterocycles. The van der Waals surface area contributed by atoms with Crippen molar-refractivity contribution in [3.8, 4) is 5.82 Å². The van der Waals surface area contributed by atoms with Crippen LogP contribution in [0.5, 0.6) is 0 Å². The Hall–Kier alpha value is -1.76. The second-order valence-electron chi connectivity index (χ2n) is 4.84. The van der Waals surface area contributed by atoms with E-state index in [1.807, 2.05) is 0 Å². The molecule has 2 heterocycles. The number of ether oxygens (including phenoxy) is 1. The van der Waals surface area contributed by atoms with E-state index >= 15 is 0 Å². The number of halogens is 6. The molecule has 2 aromatic heterocycles. The van der Waals surface area contributed by atoms with Crippen LogP contribution in [0.2, 0.25) is 0 Å². The van der Waals surface area contributed by atoms with Gasteiger partial charge in [0.05, 0.1) is 16.4 Å². The second kappa shape index (κ2) is 7.86. The lowest BCUT2D eigenvalue weighted by Gasteiger charge is -2.25. The van der Waals surface area contributed by atoms with Crippen LogP contribution in [0.25, 0.3) is 5.82 Å². The molecule has 0 aliphatic heterocycles. The predicted octanol–water partition coefficient (Wildman–Crippen LogP) is 3.65. The van der Waals surface area contributed by atoms with E-state index in [9.17, 15) is 26.7 Å². The Kier molecular flexibility index (Phi) is 6.21. The maximum Gasteiger partial charge on any atom is 0.457 e. The van der Waals surface area contributed by atoms with Crippen LogP contribution in [-0.2, 0) is 9.53 Å². The molecular weight excluding hydrogens is 451 g/mol. The lowest BCUT2D eigenvalue weighted by molar-refractivity contribution is -0.311. The zero-order valence-electron chi connectivity index (χ0n) is 12.9. The van der Waals surface area contributed by atoms with Crippen molar-refractivity contribution >= 4 is 33.7 Å². The number of alkyl halides is 5. The summed E-state index contributed by atoms with van der Waals surface area (Å²) in [6, 6.07) is 1.54. The Morgan fingerprint density at radius 1 is 1.38 bits per heavy atom. The van der Waals surface area contributed by atoms with Crippen molar-refractivity contribution in [2.24, 2.45) is 0 Å². The Bertz CT molecular complexity index is 786. The Balaban J connectivity index is 1.96. The van der Waals surface area contributed by atoms with Crippen molar-refractivity contribution in [1.82, 2.24) is 19.7 Å². The van der Waals surface area contributed by atoms with E-state index in [2.05, 4.69) is 35.7 Å². The maximum absolute atomic E-state index is 13.0. The molecule has 0 aromatic carbocycles. The highest BCUT2D eigenvalue weighted by Gasteiger charge is 2.62. The van der Waals surface area contributed by atoms with Gasteiger partial charge in [-0.2, -0.15) is 27.1 Å². The number of hydrogen-bond donors (Lipinski definition) is 0. The molecule has 13 heteroatoms. The molecule has 142 valence electrons. The van der Waals surface area contributed by atoms with Gasteiger partial charge in [-0.3, -0.25) is 4.79 Å². The van der Waals surface area contributed by atoms with Gasteiger partial charge in [0.25, 0.3) is 0 Å². The Morgan fingerprint density at radius 3 is 2.65 bits per heavy atom. The fourth-order valence-electron chi connectivity index (χ4n) is 1.61. The van der Waals surface area contributed by atoms with Crippen molar-refractivity contribution < 1.29 is 31.5 Å². The number of thioether (sulfide) groups is 1. The molecular formula is C13H10BrF5N4O2S. The first-order valence-electron chi connectivity index (χ1n) is 6.81. The van der Waals surface area contributed by atoms with Gasteiger partial charge in [-0.15, -0.1) is 0 Å². The minimum Gasteiger partial charge on any atom is -0.455 e. The standard InChI is InChI=1S/C13H10BrF5N4O2S/c1-7(12(15,16)13(17,18)19)25-10(24)6-26-11-20-3-2-9(22-11)23-5-8(14)4-21-23/h2-5,7H,6H2,1H3. The molecule has 1 unspecified atom stereocenters. The highest BCUT2D eigenvalue weighted by molar-refractivity contribution is 9.10. The van der Waals surface area contributed by atoms with Crippen LogP contribution in [0.4, 0.5) is 22.0 Å². The minimum absolute atomic E-state index is 0.0984. The van der Waals surface area contributed by atoms with Crippen LogP contribution < -0.4 is 0 Å². The molecule has 1 atom stereocenters. The van der Waals surface area contributed by atoms with Crippen LogP contribution in [-0.4, -0.2) is 49.7 Å². The molecule has 2 aromatic rings. The molecule has 0 amide bonds. The molecule has 0 N–H and O–H groups in total. The number of aromatic nitrogens is 4. The van der Waals surface area contributed by atoms with E-state index in [1.165, 1.54) is 23.1 Å². The number of nitrogens with zero attached hydrogens (tertiary/aromatic N) is 4. The zero-order valence-corrected chi connectivity index (χ0v) is 15.3. The largest absolute Gasteiger partial charge is 0.457 e. The van der Waals surface area contributed by atoms with Gasteiger partial charge in [0.1, 0.15) is 0 Å². The highest BCUT2D eigenvalue weighted by atomic mass is 79.9. The van der Waals surface area contributed by atoms with Gasteiger partial charge in [-0.05, 0) is 22.9 Å². The predicted molar refractivity (Wildman–Crippen MR) is 84.1 cm³/mol. The number of carbonyl (C=O) groups excluding carboxylic acids is 1. The van der Waals surface area contributed by atoms with Crippen molar-refractivity contribution in [3.05, 3.63) is 29.1 Å². The Labute approximate surface area is 156 Å². The SMILES string of the molecule is CC(OC(=O)CSc1nccc(-n2cc(Br)cn2)n1)C(F)(F)C(F)(F)F. The Morgan fingerprint density at radius 2 is 2.08 bits per heavy atom. The number of hydrogen-bond acceptors (Lipinski definition) is 6. The van der Waals surface area contributed by atoms with Gasteiger partial charge in [-0.25, -0.2) is 14.6 Å². The third kappa shape index (κ3) is 4.90. The topological polar surface area (TPSA) is 69.9 Å². The third-order valence-corrected chi connectivity index (χ3v) is 4.16. The number of rotatable bonds is 6. The first kappa shape index (κ1) is 20.6. The fourth-order valence-corrected chi connectivity index (χ4v) is 2.51. The van der Waals surface area contributed by atoms with Crippen molar-refractivity contribution in [3.63, 3.8) is 0 Å². The third-order valence-electron chi connectivity index (χ3n) is 2.92. The summed E-state index contributed by atoms with van der Waals surface area (Å²) < 4.78 is 69.0. The van der Waals surface area contributed by atoms with E-state index in [0.29, 0.717) is 17.2 Å². The first-order valence-corrected chi connectivity index (χ1v) is 8.59. The van der Waals surface area contributed by atoms with E-state index in [0.717, 1.165) is 11.8 Å². The van der Waals surface area contributed by atoms with Crippen LogP contribution in [0.1, 0.15) is 6.92 Å². The summed E-state index contributed by atoms with van der Waals surface area (Å²) in [5.41, 5.74) is 0. The maximum atomic E-state index is 13.0. The van der Waals surface area contributed by atoms with Gasteiger partial charge in [0.2, 0.25) is 0 Å². The lowest BCUT2D eigenvalue weighted by Crippen LogP contribution is -2.47. The molecule has 0 aliphatic carbocycles. The van der Waals surface area contributed by atoms with E-state index in [-0.39, 0.29) is 5.16 Å². The van der Waals surface area contributed by atoms with E-state index in [4.69, 9.17) is 0 Å². The first-order chi connectivity index (χ1) is 12.0. The minimum atomic E-state index is -5.81. The van der Waals surface area contributed by atoms with Gasteiger partial charge < -0.3 is 4.74 Å². The summed E-state index contributed by atoms with van der Waals surface area (Å²) in [5.74, 6) is -6.55. The van der Waals surface area contributed by atoms with Crippen LogP contribution in [0, 0.1) is 0 Å². The average molecular weight is 461 g/mol. The summed E-state index contributed by atoms with van der Waals surface area (Å²) >= 11 is 3.94. The summed E-state index contributed by atoms with van der Waals surface area (Å²) in [7, 11) is 0. The molecule has 0 bridgehead atoms. The number of esters is 1. The normalized spacial score (nSPS) is 13.5. The molecule has 0 radical (unpaired) electrons. The molecule has 2 rings (SSSR count). The monoisotopic (exact) mass is 460 g/mol. The fraction of sp³-hybridized carbons (Fsp3) is 0.385. The molecule has 26 heavy (non-hydrogen) atoms.